The number of aryl methyl sites for hydroxylation is 1. The van der Waals surface area contributed by atoms with Crippen molar-refractivity contribution in [1.29, 1.82) is 0 Å². The van der Waals surface area contributed by atoms with Gasteiger partial charge in [0.2, 0.25) is 10.0 Å². The molecule has 5 nitrogen and oxygen atoms in total. The Hall–Kier alpha value is -1.89. The van der Waals surface area contributed by atoms with E-state index in [-0.39, 0.29) is 10.9 Å². The summed E-state index contributed by atoms with van der Waals surface area (Å²) in [4.78, 5) is 2.47. The maximum atomic E-state index is 12.1. The number of hydrogen-bond acceptors (Lipinski definition) is 4. The van der Waals surface area contributed by atoms with Crippen molar-refractivity contribution in [3.8, 4) is 0 Å². The molecule has 3 N–H and O–H groups in total. The summed E-state index contributed by atoms with van der Waals surface area (Å²) < 4.78 is 24.2. The fourth-order valence-corrected chi connectivity index (χ4v) is 5.56. The summed E-state index contributed by atoms with van der Waals surface area (Å²) >= 11 is 0. The van der Waals surface area contributed by atoms with Crippen molar-refractivity contribution in [2.24, 2.45) is 5.14 Å². The predicted octanol–water partition coefficient (Wildman–Crippen LogP) is 3.01. The molecular formula is C22H29N3O2S. The molecular weight excluding hydrogens is 370 g/mol. The van der Waals surface area contributed by atoms with Gasteiger partial charge in [0.05, 0.1) is 5.69 Å². The van der Waals surface area contributed by atoms with Crippen LogP contribution < -0.4 is 15.4 Å². The van der Waals surface area contributed by atoms with Crippen LogP contribution in [-0.4, -0.2) is 34.1 Å². The van der Waals surface area contributed by atoms with Gasteiger partial charge in [0.15, 0.2) is 0 Å². The van der Waals surface area contributed by atoms with Gasteiger partial charge in [-0.25, -0.2) is 13.6 Å². The first-order valence-corrected chi connectivity index (χ1v) is 11.8. The topological polar surface area (TPSA) is 75.4 Å². The molecule has 0 aromatic heterocycles. The van der Waals surface area contributed by atoms with Crippen molar-refractivity contribution in [1.82, 2.24) is 5.32 Å². The summed E-state index contributed by atoms with van der Waals surface area (Å²) in [7, 11) is -3.74. The van der Waals surface area contributed by atoms with Crippen LogP contribution in [-0.2, 0) is 16.4 Å². The molecule has 2 atom stereocenters. The first-order valence-electron chi connectivity index (χ1n) is 10.2. The average Bonchev–Trinajstić information content (AvgIpc) is 2.72. The second-order valence-corrected chi connectivity index (χ2v) is 9.46. The molecule has 1 heterocycles. The van der Waals surface area contributed by atoms with Gasteiger partial charge in [-0.15, -0.1) is 0 Å². The largest absolute Gasteiger partial charge is 0.365 e. The smallest absolute Gasteiger partial charge is 0.240 e. The summed E-state index contributed by atoms with van der Waals surface area (Å²) in [5, 5.41) is 8.96. The van der Waals surface area contributed by atoms with Crippen LogP contribution in [0, 0.1) is 0 Å². The van der Waals surface area contributed by atoms with Crippen LogP contribution in [0.3, 0.4) is 0 Å². The lowest BCUT2D eigenvalue weighted by molar-refractivity contribution is 0.411. The molecule has 150 valence electrons. The Morgan fingerprint density at radius 3 is 2.71 bits per heavy atom. The molecule has 1 aliphatic carbocycles. The molecule has 2 aromatic carbocycles. The maximum absolute atomic E-state index is 12.1. The van der Waals surface area contributed by atoms with E-state index in [0.717, 1.165) is 38.2 Å². The zero-order valence-electron chi connectivity index (χ0n) is 16.2. The highest BCUT2D eigenvalue weighted by atomic mass is 32.2. The number of nitrogens with one attached hydrogen (secondary N) is 1. The van der Waals surface area contributed by atoms with Gasteiger partial charge in [0, 0.05) is 25.7 Å². The third kappa shape index (κ3) is 4.09. The molecule has 2 unspecified atom stereocenters. The summed E-state index contributed by atoms with van der Waals surface area (Å²) in [5.41, 5.74) is 3.74. The Labute approximate surface area is 168 Å². The molecule has 0 spiro atoms. The molecule has 1 saturated heterocycles. The normalized spacial score (nSPS) is 22.7. The standard InChI is InChI=1S/C22H29N3O2S/c23-28(26,27)22-11-4-3-10-21(22)25-15-14-24-16-19(25)13-12-18-8-5-7-17-6-1-2-9-20(17)18/h1-4,6,9-11,18-19,24H,5,7-8,12-16H2,(H2,23,26,27). The SMILES string of the molecule is NS(=O)(=O)c1ccccc1N1CCNCC1CCC1CCCc2ccccc21. The van der Waals surface area contributed by atoms with E-state index in [2.05, 4.69) is 34.5 Å². The maximum Gasteiger partial charge on any atom is 0.240 e. The number of fused-ring (bicyclic) bond motifs is 1. The van der Waals surface area contributed by atoms with Crippen LogP contribution in [0.4, 0.5) is 5.69 Å². The summed E-state index contributed by atoms with van der Waals surface area (Å²) in [6.45, 7) is 2.51. The number of primary sulfonamides is 1. The highest BCUT2D eigenvalue weighted by Gasteiger charge is 2.28. The van der Waals surface area contributed by atoms with Crippen LogP contribution in [0.5, 0.6) is 0 Å². The van der Waals surface area contributed by atoms with Crippen LogP contribution >= 0.6 is 0 Å². The van der Waals surface area contributed by atoms with Crippen molar-refractivity contribution >= 4 is 15.7 Å². The van der Waals surface area contributed by atoms with Crippen LogP contribution in [0.25, 0.3) is 0 Å². The third-order valence-corrected chi connectivity index (χ3v) is 7.13. The number of nitrogens with two attached hydrogens (primary N) is 1. The Bertz CT molecular complexity index is 929. The van der Waals surface area contributed by atoms with Crippen molar-refractivity contribution in [2.45, 2.75) is 49.0 Å². The first-order chi connectivity index (χ1) is 13.5. The minimum absolute atomic E-state index is 0.227. The fourth-order valence-electron chi connectivity index (χ4n) is 4.82. The highest BCUT2D eigenvalue weighted by molar-refractivity contribution is 7.89. The molecule has 4 rings (SSSR count). The predicted molar refractivity (Wildman–Crippen MR) is 113 cm³/mol. The van der Waals surface area contributed by atoms with E-state index in [4.69, 9.17) is 5.14 Å². The number of hydrogen-bond donors (Lipinski definition) is 2. The number of anilines is 1. The van der Waals surface area contributed by atoms with Gasteiger partial charge >= 0.3 is 0 Å². The summed E-state index contributed by atoms with van der Waals surface area (Å²) in [6.07, 6.45) is 5.83. The summed E-state index contributed by atoms with van der Waals surface area (Å²) in [5.74, 6) is 0.599. The number of nitrogens with zero attached hydrogens (tertiary/aromatic N) is 1. The van der Waals surface area contributed by atoms with E-state index in [1.54, 1.807) is 12.1 Å². The number of benzene rings is 2. The van der Waals surface area contributed by atoms with Gasteiger partial charge in [-0.1, -0.05) is 36.4 Å². The first kappa shape index (κ1) is 19.4. The van der Waals surface area contributed by atoms with Gasteiger partial charge in [-0.2, -0.15) is 0 Å². The van der Waals surface area contributed by atoms with E-state index < -0.39 is 10.0 Å². The van der Waals surface area contributed by atoms with Gasteiger partial charge < -0.3 is 10.2 Å². The van der Waals surface area contributed by atoms with Crippen molar-refractivity contribution in [3.05, 3.63) is 59.7 Å². The lowest BCUT2D eigenvalue weighted by Crippen LogP contribution is -2.52. The Kier molecular flexibility index (Phi) is 5.71. The average molecular weight is 400 g/mol. The molecule has 0 bridgehead atoms. The lowest BCUT2D eigenvalue weighted by Gasteiger charge is -2.39. The third-order valence-electron chi connectivity index (χ3n) is 6.17. The molecule has 28 heavy (non-hydrogen) atoms. The number of rotatable bonds is 5. The molecule has 0 radical (unpaired) electrons. The highest BCUT2D eigenvalue weighted by Crippen LogP contribution is 2.36. The molecule has 2 aromatic rings. The quantitative estimate of drug-likeness (QED) is 0.810. The Morgan fingerprint density at radius 2 is 1.86 bits per heavy atom. The van der Waals surface area contributed by atoms with Crippen LogP contribution in [0.2, 0.25) is 0 Å². The summed E-state index contributed by atoms with van der Waals surface area (Å²) in [6, 6.07) is 16.2. The zero-order chi connectivity index (χ0) is 19.6. The van der Waals surface area contributed by atoms with Gasteiger partial charge in [0.25, 0.3) is 0 Å². The van der Waals surface area contributed by atoms with Gasteiger partial charge in [-0.3, -0.25) is 0 Å². The number of para-hydroxylation sites is 1. The monoisotopic (exact) mass is 399 g/mol. The van der Waals surface area contributed by atoms with Gasteiger partial charge in [0.1, 0.15) is 4.90 Å². The molecule has 1 fully saturated rings. The van der Waals surface area contributed by atoms with Crippen molar-refractivity contribution in [3.63, 3.8) is 0 Å². The van der Waals surface area contributed by atoms with Crippen LogP contribution in [0.15, 0.2) is 53.4 Å². The Morgan fingerprint density at radius 1 is 1.07 bits per heavy atom. The van der Waals surface area contributed by atoms with E-state index in [0.29, 0.717) is 5.92 Å². The Balaban J connectivity index is 1.54. The number of piperazine rings is 1. The van der Waals surface area contributed by atoms with E-state index in [9.17, 15) is 8.42 Å². The van der Waals surface area contributed by atoms with E-state index in [1.807, 2.05) is 12.1 Å². The minimum atomic E-state index is -3.74. The van der Waals surface area contributed by atoms with Gasteiger partial charge in [-0.05, 0) is 61.3 Å². The lowest BCUT2D eigenvalue weighted by atomic mass is 9.80. The van der Waals surface area contributed by atoms with Crippen molar-refractivity contribution in [2.75, 3.05) is 24.5 Å². The molecule has 1 aliphatic heterocycles. The number of sulfonamides is 1. The zero-order valence-corrected chi connectivity index (χ0v) is 17.0. The second-order valence-electron chi connectivity index (χ2n) is 7.93. The minimum Gasteiger partial charge on any atom is -0.365 e. The molecule has 6 heteroatoms. The van der Waals surface area contributed by atoms with E-state index >= 15 is 0 Å². The van der Waals surface area contributed by atoms with Crippen molar-refractivity contribution < 1.29 is 8.42 Å². The second kappa shape index (κ2) is 8.23. The molecule has 0 amide bonds. The molecule has 0 saturated carbocycles. The fraction of sp³-hybridized carbons (Fsp3) is 0.455. The molecule has 2 aliphatic rings. The van der Waals surface area contributed by atoms with E-state index in [1.165, 1.54) is 30.4 Å². The van der Waals surface area contributed by atoms with Crippen LogP contribution in [0.1, 0.15) is 42.7 Å².